The molecule has 0 aromatic carbocycles. The first-order valence-electron chi connectivity index (χ1n) is 6.59. The molecule has 0 bridgehead atoms. The second-order valence-electron chi connectivity index (χ2n) is 5.29. The molecule has 1 aliphatic carbocycles. The van der Waals surface area contributed by atoms with E-state index in [-0.39, 0.29) is 6.04 Å². The largest absolute Gasteiger partial charge is 0.298 e. The molecule has 0 aromatic rings. The summed E-state index contributed by atoms with van der Waals surface area (Å²) in [6, 6.07) is 0.244. The number of hydrogen-bond donors (Lipinski definition) is 0. The number of carbonyl (C=O) groups is 1. The van der Waals surface area contributed by atoms with Crippen LogP contribution in [0.15, 0.2) is 0 Å². The van der Waals surface area contributed by atoms with Crippen LogP contribution in [-0.2, 0) is 4.79 Å². The molecule has 2 nitrogen and oxygen atoms in total. The highest BCUT2D eigenvalue weighted by molar-refractivity contribution is 8.00. The van der Waals surface area contributed by atoms with Gasteiger partial charge in [-0.25, -0.2) is 0 Å². The molecule has 1 saturated carbocycles. The maximum atomic E-state index is 12.1. The van der Waals surface area contributed by atoms with E-state index in [0.717, 1.165) is 32.4 Å². The van der Waals surface area contributed by atoms with E-state index in [2.05, 4.69) is 30.5 Å². The van der Waals surface area contributed by atoms with Crippen molar-refractivity contribution >= 4 is 17.5 Å². The Balaban J connectivity index is 2.01. The van der Waals surface area contributed by atoms with Crippen molar-refractivity contribution in [2.75, 3.05) is 13.1 Å². The molecule has 2 fully saturated rings. The van der Waals surface area contributed by atoms with Crippen LogP contribution >= 0.6 is 11.8 Å². The molecule has 16 heavy (non-hydrogen) atoms. The second-order valence-corrected chi connectivity index (χ2v) is 7.17. The van der Waals surface area contributed by atoms with Crippen molar-refractivity contribution in [1.29, 1.82) is 0 Å². The van der Waals surface area contributed by atoms with Gasteiger partial charge >= 0.3 is 0 Å². The van der Waals surface area contributed by atoms with E-state index in [1.807, 2.05) is 0 Å². The Morgan fingerprint density at radius 2 is 1.81 bits per heavy atom. The summed E-state index contributed by atoms with van der Waals surface area (Å²) in [6.07, 6.45) is 5.52. The normalized spacial score (nSPS) is 38.4. The van der Waals surface area contributed by atoms with Crippen molar-refractivity contribution in [3.05, 3.63) is 0 Å². The third-order valence-electron chi connectivity index (χ3n) is 3.66. The molecule has 1 saturated heterocycles. The van der Waals surface area contributed by atoms with Gasteiger partial charge in [0.05, 0.1) is 6.04 Å². The van der Waals surface area contributed by atoms with Crippen LogP contribution in [0.3, 0.4) is 0 Å². The van der Waals surface area contributed by atoms with Gasteiger partial charge in [0.2, 0.25) is 0 Å². The van der Waals surface area contributed by atoms with Gasteiger partial charge in [-0.1, -0.05) is 26.7 Å². The van der Waals surface area contributed by atoms with Crippen molar-refractivity contribution < 1.29 is 4.79 Å². The van der Waals surface area contributed by atoms with Crippen molar-refractivity contribution in [2.45, 2.75) is 62.5 Å². The van der Waals surface area contributed by atoms with E-state index in [0.29, 0.717) is 16.3 Å². The Hall–Kier alpha value is -0.0200. The molecule has 1 aliphatic heterocycles. The van der Waals surface area contributed by atoms with Gasteiger partial charge in [-0.15, -0.1) is 0 Å². The first-order valence-corrected chi connectivity index (χ1v) is 7.53. The van der Waals surface area contributed by atoms with Crippen LogP contribution in [0.4, 0.5) is 0 Å². The van der Waals surface area contributed by atoms with E-state index in [1.54, 1.807) is 0 Å². The number of ketones is 1. The summed E-state index contributed by atoms with van der Waals surface area (Å²) in [7, 11) is 0. The second kappa shape index (κ2) is 5.54. The number of hydrogen-bond acceptors (Lipinski definition) is 3. The number of thioether (sulfide) groups is 1. The highest BCUT2D eigenvalue weighted by Crippen LogP contribution is 2.29. The highest BCUT2D eigenvalue weighted by Gasteiger charge is 2.32. The summed E-state index contributed by atoms with van der Waals surface area (Å²) in [5.74, 6) is 0.504. The Morgan fingerprint density at radius 1 is 1.12 bits per heavy atom. The van der Waals surface area contributed by atoms with E-state index in [4.69, 9.17) is 0 Å². The lowest BCUT2D eigenvalue weighted by molar-refractivity contribution is -0.124. The summed E-state index contributed by atoms with van der Waals surface area (Å²) in [5, 5.41) is 1.36. The molecule has 3 heteroatoms. The topological polar surface area (TPSA) is 20.3 Å². The fourth-order valence-corrected chi connectivity index (χ4v) is 4.35. The van der Waals surface area contributed by atoms with E-state index in [1.165, 1.54) is 12.8 Å². The zero-order chi connectivity index (χ0) is 11.5. The smallest absolute Gasteiger partial charge is 0.149 e. The predicted octanol–water partition coefficient (Wildman–Crippen LogP) is 2.71. The van der Waals surface area contributed by atoms with Crippen LogP contribution in [0.5, 0.6) is 0 Å². The van der Waals surface area contributed by atoms with Crippen LogP contribution in [-0.4, -0.2) is 40.3 Å². The van der Waals surface area contributed by atoms with Crippen molar-refractivity contribution in [1.82, 2.24) is 4.90 Å². The van der Waals surface area contributed by atoms with Gasteiger partial charge in [-0.05, 0) is 12.8 Å². The molecule has 2 aliphatic rings. The van der Waals surface area contributed by atoms with Gasteiger partial charge in [0.15, 0.2) is 0 Å². The third-order valence-corrected chi connectivity index (χ3v) is 4.89. The Kier molecular flexibility index (Phi) is 4.31. The van der Waals surface area contributed by atoms with Crippen LogP contribution in [0.2, 0.25) is 0 Å². The number of rotatable bonds is 1. The quantitative estimate of drug-likeness (QED) is 0.658. The summed E-state index contributed by atoms with van der Waals surface area (Å²) in [5.41, 5.74) is 0. The maximum absolute atomic E-state index is 12.1. The Labute approximate surface area is 103 Å². The van der Waals surface area contributed by atoms with Gasteiger partial charge in [0.25, 0.3) is 0 Å². The fourth-order valence-electron chi connectivity index (χ4n) is 3.00. The first kappa shape index (κ1) is 12.4. The van der Waals surface area contributed by atoms with E-state index < -0.39 is 0 Å². The van der Waals surface area contributed by atoms with Crippen molar-refractivity contribution in [3.8, 4) is 0 Å². The lowest BCUT2D eigenvalue weighted by Crippen LogP contribution is -2.49. The van der Waals surface area contributed by atoms with Crippen LogP contribution in [0, 0.1) is 0 Å². The molecular weight excluding hydrogens is 218 g/mol. The average Bonchev–Trinajstić information content (AvgIpc) is 2.41. The minimum atomic E-state index is 0.244. The molecule has 0 aromatic heterocycles. The van der Waals surface area contributed by atoms with Crippen molar-refractivity contribution in [2.24, 2.45) is 0 Å². The fraction of sp³-hybridized carbons (Fsp3) is 0.923. The van der Waals surface area contributed by atoms with Crippen LogP contribution in [0.25, 0.3) is 0 Å². The molecule has 3 unspecified atom stereocenters. The van der Waals surface area contributed by atoms with Gasteiger partial charge < -0.3 is 0 Å². The first-order chi connectivity index (χ1) is 7.66. The molecule has 0 spiro atoms. The summed E-state index contributed by atoms with van der Waals surface area (Å²) >= 11 is 2.06. The SMILES string of the molecule is CC1CN(C2CCCCCC2=O)CC(C)S1. The Bertz CT molecular complexity index is 246. The third kappa shape index (κ3) is 3.01. The van der Waals surface area contributed by atoms with Gasteiger partial charge in [-0.3, -0.25) is 9.69 Å². The molecule has 0 N–H and O–H groups in total. The molecular formula is C13H23NOS. The minimum absolute atomic E-state index is 0.244. The van der Waals surface area contributed by atoms with Gasteiger partial charge in [0, 0.05) is 30.0 Å². The van der Waals surface area contributed by atoms with Crippen LogP contribution < -0.4 is 0 Å². The highest BCUT2D eigenvalue weighted by atomic mass is 32.2. The predicted molar refractivity (Wildman–Crippen MR) is 70.0 cm³/mol. The summed E-state index contributed by atoms with van der Waals surface area (Å²) in [4.78, 5) is 14.5. The average molecular weight is 241 g/mol. The maximum Gasteiger partial charge on any atom is 0.149 e. The summed E-state index contributed by atoms with van der Waals surface area (Å²) < 4.78 is 0. The molecule has 1 heterocycles. The lowest BCUT2D eigenvalue weighted by atomic mass is 10.0. The van der Waals surface area contributed by atoms with E-state index >= 15 is 0 Å². The summed E-state index contributed by atoms with van der Waals surface area (Å²) in [6.45, 7) is 6.78. The molecule has 2 rings (SSSR count). The van der Waals surface area contributed by atoms with E-state index in [9.17, 15) is 4.79 Å². The zero-order valence-electron chi connectivity index (χ0n) is 10.4. The lowest BCUT2D eigenvalue weighted by Gasteiger charge is -2.38. The van der Waals surface area contributed by atoms with Crippen LogP contribution in [0.1, 0.15) is 46.0 Å². The number of nitrogens with zero attached hydrogens (tertiary/aromatic N) is 1. The number of Topliss-reactive ketones (excluding diaryl/α,β-unsaturated/α-hetero) is 1. The molecule has 0 radical (unpaired) electrons. The van der Waals surface area contributed by atoms with Gasteiger partial charge in [0.1, 0.15) is 5.78 Å². The van der Waals surface area contributed by atoms with Crippen molar-refractivity contribution in [3.63, 3.8) is 0 Å². The molecule has 0 amide bonds. The zero-order valence-corrected chi connectivity index (χ0v) is 11.3. The standard InChI is InChI=1S/C13H23NOS/c1-10-8-14(9-11(2)16-10)12-6-4-3-5-7-13(12)15/h10-12H,3-9H2,1-2H3. The Morgan fingerprint density at radius 3 is 2.50 bits per heavy atom. The number of carbonyl (C=O) groups excluding carboxylic acids is 1. The minimum Gasteiger partial charge on any atom is -0.298 e. The molecule has 92 valence electrons. The molecule has 3 atom stereocenters. The van der Waals surface area contributed by atoms with Gasteiger partial charge in [-0.2, -0.15) is 11.8 Å². The monoisotopic (exact) mass is 241 g/mol.